The Hall–Kier alpha value is -1.85. The second-order valence-electron chi connectivity index (χ2n) is 5.45. The monoisotopic (exact) mass is 504 g/mol. The number of halogens is 1. The summed E-state index contributed by atoms with van der Waals surface area (Å²) in [4.78, 5) is 4.42. The van der Waals surface area contributed by atoms with Gasteiger partial charge in [0.25, 0.3) is 0 Å². The summed E-state index contributed by atoms with van der Waals surface area (Å²) in [5.41, 5.74) is 1.85. The normalized spacial score (nSPS) is 11.4. The van der Waals surface area contributed by atoms with Crippen LogP contribution in [0.15, 0.2) is 58.4 Å². The third-order valence-electron chi connectivity index (χ3n) is 3.80. The van der Waals surface area contributed by atoms with Crippen LogP contribution in [-0.4, -0.2) is 35.6 Å². The molecule has 0 radical (unpaired) electrons. The van der Waals surface area contributed by atoms with Crippen LogP contribution in [0.2, 0.25) is 0 Å². The lowest BCUT2D eigenvalue weighted by Gasteiger charge is -2.14. The van der Waals surface area contributed by atoms with Crippen LogP contribution in [-0.2, 0) is 23.1 Å². The molecule has 0 saturated heterocycles. The standard InChI is InChI=1S/C18H24N4O3S.HI/c1-19-18(22-13-15-8-4-5-10-17(15)25-3)21-12-14-7-6-9-16(11-14)26(23,24)20-2;/h4-11,20H,12-13H2,1-3H3,(H2,19,21,22);1H. The van der Waals surface area contributed by atoms with Gasteiger partial charge < -0.3 is 15.4 Å². The highest BCUT2D eigenvalue weighted by Gasteiger charge is 2.11. The molecule has 0 saturated carbocycles. The molecular formula is C18H25IN4O3S. The first-order chi connectivity index (χ1) is 12.5. The molecule has 2 aromatic carbocycles. The van der Waals surface area contributed by atoms with Gasteiger partial charge >= 0.3 is 0 Å². The molecule has 0 spiro atoms. The molecule has 9 heteroatoms. The van der Waals surface area contributed by atoms with Crippen LogP contribution in [0.5, 0.6) is 5.75 Å². The molecule has 0 atom stereocenters. The van der Waals surface area contributed by atoms with E-state index in [1.165, 1.54) is 7.05 Å². The summed E-state index contributed by atoms with van der Waals surface area (Å²) >= 11 is 0. The maximum absolute atomic E-state index is 11.9. The second kappa shape index (κ2) is 11.1. The number of hydrogen-bond acceptors (Lipinski definition) is 4. The van der Waals surface area contributed by atoms with Crippen LogP contribution >= 0.6 is 24.0 Å². The summed E-state index contributed by atoms with van der Waals surface area (Å²) in [5, 5.41) is 6.39. The minimum atomic E-state index is -3.46. The van der Waals surface area contributed by atoms with Crippen LogP contribution < -0.4 is 20.1 Å². The number of para-hydroxylation sites is 1. The van der Waals surface area contributed by atoms with Gasteiger partial charge in [-0.1, -0.05) is 30.3 Å². The lowest BCUT2D eigenvalue weighted by Crippen LogP contribution is -2.36. The lowest BCUT2D eigenvalue weighted by atomic mass is 10.2. The molecule has 148 valence electrons. The Morgan fingerprint density at radius 1 is 1.07 bits per heavy atom. The van der Waals surface area contributed by atoms with Crippen molar-refractivity contribution in [3.8, 4) is 5.75 Å². The Labute approximate surface area is 177 Å². The third-order valence-corrected chi connectivity index (χ3v) is 5.21. The van der Waals surface area contributed by atoms with E-state index in [9.17, 15) is 8.42 Å². The number of nitrogens with zero attached hydrogens (tertiary/aromatic N) is 1. The largest absolute Gasteiger partial charge is 0.496 e. The van der Waals surface area contributed by atoms with Crippen LogP contribution in [0.1, 0.15) is 11.1 Å². The number of hydrogen-bond donors (Lipinski definition) is 3. The van der Waals surface area contributed by atoms with E-state index in [4.69, 9.17) is 4.74 Å². The summed E-state index contributed by atoms with van der Waals surface area (Å²) in [5.74, 6) is 1.42. The summed E-state index contributed by atoms with van der Waals surface area (Å²) in [6.45, 7) is 0.997. The number of methoxy groups -OCH3 is 1. The fourth-order valence-corrected chi connectivity index (χ4v) is 3.17. The third kappa shape index (κ3) is 6.67. The fraction of sp³-hybridized carbons (Fsp3) is 0.278. The van der Waals surface area contributed by atoms with Gasteiger partial charge in [0, 0.05) is 25.7 Å². The molecule has 2 aromatic rings. The zero-order valence-electron chi connectivity index (χ0n) is 15.5. The molecular weight excluding hydrogens is 479 g/mol. The van der Waals surface area contributed by atoms with E-state index in [-0.39, 0.29) is 28.9 Å². The van der Waals surface area contributed by atoms with Gasteiger partial charge in [-0.05, 0) is 30.8 Å². The van der Waals surface area contributed by atoms with E-state index in [0.29, 0.717) is 19.0 Å². The molecule has 3 N–H and O–H groups in total. The summed E-state index contributed by atoms with van der Waals surface area (Å²) < 4.78 is 31.4. The Morgan fingerprint density at radius 2 is 1.78 bits per heavy atom. The van der Waals surface area contributed by atoms with Gasteiger partial charge in [-0.15, -0.1) is 24.0 Å². The second-order valence-corrected chi connectivity index (χ2v) is 7.33. The Balaban J connectivity index is 0.00000364. The van der Waals surface area contributed by atoms with E-state index in [0.717, 1.165) is 16.9 Å². The average molecular weight is 504 g/mol. The van der Waals surface area contributed by atoms with E-state index in [1.807, 2.05) is 30.3 Å². The number of sulfonamides is 1. The minimum Gasteiger partial charge on any atom is -0.496 e. The van der Waals surface area contributed by atoms with Crippen molar-refractivity contribution >= 4 is 40.0 Å². The first-order valence-electron chi connectivity index (χ1n) is 8.09. The summed E-state index contributed by atoms with van der Waals surface area (Å²) in [6, 6.07) is 14.5. The summed E-state index contributed by atoms with van der Waals surface area (Å²) in [6.07, 6.45) is 0. The van der Waals surface area contributed by atoms with E-state index in [2.05, 4.69) is 20.3 Å². The number of ether oxygens (including phenoxy) is 1. The van der Waals surface area contributed by atoms with Gasteiger partial charge in [0.2, 0.25) is 10.0 Å². The minimum absolute atomic E-state index is 0. The predicted octanol–water partition coefficient (Wildman–Crippen LogP) is 2.09. The predicted molar refractivity (Wildman–Crippen MR) is 118 cm³/mol. The van der Waals surface area contributed by atoms with Crippen molar-refractivity contribution in [2.24, 2.45) is 4.99 Å². The molecule has 0 amide bonds. The molecule has 0 aliphatic carbocycles. The van der Waals surface area contributed by atoms with Gasteiger partial charge in [0.05, 0.1) is 12.0 Å². The Kier molecular flexibility index (Phi) is 9.53. The van der Waals surface area contributed by atoms with Crippen molar-refractivity contribution in [3.05, 3.63) is 59.7 Å². The first kappa shape index (κ1) is 23.2. The molecule has 27 heavy (non-hydrogen) atoms. The van der Waals surface area contributed by atoms with Crippen molar-refractivity contribution in [1.82, 2.24) is 15.4 Å². The molecule has 7 nitrogen and oxygen atoms in total. The van der Waals surface area contributed by atoms with Crippen molar-refractivity contribution < 1.29 is 13.2 Å². The highest BCUT2D eigenvalue weighted by molar-refractivity contribution is 14.0. The zero-order valence-corrected chi connectivity index (χ0v) is 18.7. The number of benzene rings is 2. The Morgan fingerprint density at radius 3 is 2.44 bits per heavy atom. The lowest BCUT2D eigenvalue weighted by molar-refractivity contribution is 0.409. The molecule has 0 aliphatic rings. The topological polar surface area (TPSA) is 91.8 Å². The number of nitrogens with one attached hydrogen (secondary N) is 3. The van der Waals surface area contributed by atoms with Gasteiger partial charge in [-0.25, -0.2) is 13.1 Å². The highest BCUT2D eigenvalue weighted by atomic mass is 127. The molecule has 2 rings (SSSR count). The van der Waals surface area contributed by atoms with E-state index < -0.39 is 10.0 Å². The van der Waals surface area contributed by atoms with Crippen LogP contribution in [0, 0.1) is 0 Å². The molecule has 0 unspecified atom stereocenters. The van der Waals surface area contributed by atoms with Gasteiger partial charge in [0.15, 0.2) is 5.96 Å². The quantitative estimate of drug-likeness (QED) is 0.305. The van der Waals surface area contributed by atoms with Gasteiger partial charge in [-0.3, -0.25) is 4.99 Å². The van der Waals surface area contributed by atoms with Crippen LogP contribution in [0.25, 0.3) is 0 Å². The van der Waals surface area contributed by atoms with Crippen LogP contribution in [0.4, 0.5) is 0 Å². The number of guanidine groups is 1. The average Bonchev–Trinajstić information content (AvgIpc) is 2.68. The molecule has 0 aliphatic heterocycles. The first-order valence-corrected chi connectivity index (χ1v) is 9.57. The van der Waals surface area contributed by atoms with Gasteiger partial charge in [-0.2, -0.15) is 0 Å². The molecule has 0 fully saturated rings. The molecule has 0 aromatic heterocycles. The Bertz CT molecular complexity index is 872. The fourth-order valence-electron chi connectivity index (χ4n) is 2.37. The number of aliphatic imine (C=N–C) groups is 1. The van der Waals surface area contributed by atoms with Crippen molar-refractivity contribution in [1.29, 1.82) is 0 Å². The summed E-state index contributed by atoms with van der Waals surface area (Å²) in [7, 11) is 1.25. The molecule has 0 heterocycles. The van der Waals surface area contributed by atoms with Gasteiger partial charge in [0.1, 0.15) is 5.75 Å². The number of rotatable bonds is 7. The molecule has 0 bridgehead atoms. The van der Waals surface area contributed by atoms with Crippen LogP contribution in [0.3, 0.4) is 0 Å². The van der Waals surface area contributed by atoms with Crippen molar-refractivity contribution in [2.75, 3.05) is 21.2 Å². The highest BCUT2D eigenvalue weighted by Crippen LogP contribution is 2.16. The smallest absolute Gasteiger partial charge is 0.240 e. The zero-order chi connectivity index (χ0) is 19.0. The van der Waals surface area contributed by atoms with Crippen molar-refractivity contribution in [2.45, 2.75) is 18.0 Å². The van der Waals surface area contributed by atoms with Crippen molar-refractivity contribution in [3.63, 3.8) is 0 Å². The maximum atomic E-state index is 11.9. The maximum Gasteiger partial charge on any atom is 0.240 e. The van der Waals surface area contributed by atoms with E-state index in [1.54, 1.807) is 32.4 Å². The van der Waals surface area contributed by atoms with E-state index >= 15 is 0 Å². The SMILES string of the molecule is CN=C(NCc1cccc(S(=O)(=O)NC)c1)NCc1ccccc1OC.I.